The SMILES string of the molecule is CCCCCCCCCCOc1ccco1. The van der Waals surface area contributed by atoms with Gasteiger partial charge in [-0.25, -0.2) is 0 Å². The van der Waals surface area contributed by atoms with Gasteiger partial charge in [0.25, 0.3) is 5.95 Å². The van der Waals surface area contributed by atoms with E-state index in [0.717, 1.165) is 13.0 Å². The summed E-state index contributed by atoms with van der Waals surface area (Å²) in [5, 5.41) is 0. The molecule has 2 heteroatoms. The van der Waals surface area contributed by atoms with Crippen molar-refractivity contribution in [2.75, 3.05) is 6.61 Å². The summed E-state index contributed by atoms with van der Waals surface area (Å²) < 4.78 is 10.5. The van der Waals surface area contributed by atoms with Gasteiger partial charge >= 0.3 is 0 Å². The monoisotopic (exact) mass is 224 g/mol. The molecule has 0 bridgehead atoms. The largest absolute Gasteiger partial charge is 0.465 e. The third kappa shape index (κ3) is 6.54. The first-order chi connectivity index (χ1) is 7.93. The average molecular weight is 224 g/mol. The van der Waals surface area contributed by atoms with Crippen LogP contribution in [0.5, 0.6) is 5.95 Å². The van der Waals surface area contributed by atoms with E-state index in [9.17, 15) is 0 Å². The highest BCUT2D eigenvalue weighted by molar-refractivity contribution is 5.03. The molecule has 2 nitrogen and oxygen atoms in total. The summed E-state index contributed by atoms with van der Waals surface area (Å²) in [6, 6.07) is 3.70. The molecule has 1 rings (SSSR count). The Morgan fingerprint density at radius 1 is 1.00 bits per heavy atom. The van der Waals surface area contributed by atoms with Crippen LogP contribution in [0, 0.1) is 0 Å². The zero-order valence-corrected chi connectivity index (χ0v) is 10.4. The highest BCUT2D eigenvalue weighted by atomic mass is 16.6. The van der Waals surface area contributed by atoms with Crippen molar-refractivity contribution in [1.82, 2.24) is 0 Å². The molecule has 0 radical (unpaired) electrons. The third-order valence-electron chi connectivity index (χ3n) is 2.74. The van der Waals surface area contributed by atoms with Crippen LogP contribution in [0.1, 0.15) is 58.3 Å². The maximum absolute atomic E-state index is 5.42. The van der Waals surface area contributed by atoms with Crippen molar-refractivity contribution in [1.29, 1.82) is 0 Å². The van der Waals surface area contributed by atoms with Crippen LogP contribution in [0.3, 0.4) is 0 Å². The fourth-order valence-electron chi connectivity index (χ4n) is 1.75. The van der Waals surface area contributed by atoms with E-state index in [1.165, 1.54) is 44.9 Å². The maximum atomic E-state index is 5.42. The van der Waals surface area contributed by atoms with Gasteiger partial charge in [0.2, 0.25) is 0 Å². The molecule has 0 amide bonds. The fourth-order valence-corrected chi connectivity index (χ4v) is 1.75. The lowest BCUT2D eigenvalue weighted by molar-refractivity contribution is 0.236. The van der Waals surface area contributed by atoms with Gasteiger partial charge in [-0.2, -0.15) is 0 Å². The molecule has 1 aromatic heterocycles. The average Bonchev–Trinajstić information content (AvgIpc) is 2.80. The Hall–Kier alpha value is -0.920. The predicted molar refractivity (Wildman–Crippen MR) is 66.8 cm³/mol. The topological polar surface area (TPSA) is 22.4 Å². The number of unbranched alkanes of at least 4 members (excludes halogenated alkanes) is 7. The second kappa shape index (κ2) is 9.32. The normalized spacial score (nSPS) is 10.6. The summed E-state index contributed by atoms with van der Waals surface area (Å²) in [5.74, 6) is 0.642. The van der Waals surface area contributed by atoms with Crippen molar-refractivity contribution in [3.63, 3.8) is 0 Å². The van der Waals surface area contributed by atoms with Crippen LogP contribution in [-0.2, 0) is 0 Å². The Morgan fingerprint density at radius 3 is 2.31 bits per heavy atom. The van der Waals surface area contributed by atoms with Crippen LogP contribution in [-0.4, -0.2) is 6.61 Å². The van der Waals surface area contributed by atoms with Crippen LogP contribution >= 0.6 is 0 Å². The second-order valence-corrected chi connectivity index (χ2v) is 4.26. The number of furan rings is 1. The molecule has 0 atom stereocenters. The molecule has 0 aliphatic rings. The Morgan fingerprint density at radius 2 is 1.69 bits per heavy atom. The van der Waals surface area contributed by atoms with Crippen LogP contribution in [0.4, 0.5) is 0 Å². The van der Waals surface area contributed by atoms with Crippen LogP contribution in [0.15, 0.2) is 22.8 Å². The van der Waals surface area contributed by atoms with Gasteiger partial charge < -0.3 is 9.15 Å². The molecule has 0 N–H and O–H groups in total. The molecular formula is C14H24O2. The van der Waals surface area contributed by atoms with E-state index < -0.39 is 0 Å². The molecule has 0 aliphatic heterocycles. The highest BCUT2D eigenvalue weighted by Gasteiger charge is 1.95. The second-order valence-electron chi connectivity index (χ2n) is 4.26. The zero-order valence-electron chi connectivity index (χ0n) is 10.4. The van der Waals surface area contributed by atoms with E-state index in [0.29, 0.717) is 5.95 Å². The van der Waals surface area contributed by atoms with Gasteiger partial charge in [-0.3, -0.25) is 0 Å². The summed E-state index contributed by atoms with van der Waals surface area (Å²) in [6.07, 6.45) is 12.3. The summed E-state index contributed by atoms with van der Waals surface area (Å²) in [5.41, 5.74) is 0. The van der Waals surface area contributed by atoms with E-state index in [1.54, 1.807) is 6.26 Å². The summed E-state index contributed by atoms with van der Waals surface area (Å²) in [4.78, 5) is 0. The van der Waals surface area contributed by atoms with E-state index in [1.807, 2.05) is 12.1 Å². The van der Waals surface area contributed by atoms with E-state index in [4.69, 9.17) is 9.15 Å². The first-order valence-electron chi connectivity index (χ1n) is 6.60. The molecule has 0 unspecified atom stereocenters. The van der Waals surface area contributed by atoms with Crippen molar-refractivity contribution in [2.24, 2.45) is 0 Å². The molecule has 1 aromatic rings. The Labute approximate surface area is 99.0 Å². The molecule has 1 heterocycles. The van der Waals surface area contributed by atoms with Crippen molar-refractivity contribution >= 4 is 0 Å². The number of ether oxygens (including phenoxy) is 1. The van der Waals surface area contributed by atoms with E-state index in [-0.39, 0.29) is 0 Å². The fraction of sp³-hybridized carbons (Fsp3) is 0.714. The lowest BCUT2D eigenvalue weighted by Crippen LogP contribution is -1.95. The Balaban J connectivity index is 1.78. The summed E-state index contributed by atoms with van der Waals surface area (Å²) >= 11 is 0. The van der Waals surface area contributed by atoms with Gasteiger partial charge in [-0.15, -0.1) is 0 Å². The number of hydrogen-bond donors (Lipinski definition) is 0. The van der Waals surface area contributed by atoms with Crippen molar-refractivity contribution in [3.05, 3.63) is 18.4 Å². The summed E-state index contributed by atoms with van der Waals surface area (Å²) in [6.45, 7) is 3.04. The van der Waals surface area contributed by atoms with Crippen LogP contribution in [0.25, 0.3) is 0 Å². The molecule has 16 heavy (non-hydrogen) atoms. The van der Waals surface area contributed by atoms with Crippen LogP contribution < -0.4 is 4.74 Å². The predicted octanol–water partition coefficient (Wildman–Crippen LogP) is 4.80. The van der Waals surface area contributed by atoms with E-state index in [2.05, 4.69) is 6.92 Å². The third-order valence-corrected chi connectivity index (χ3v) is 2.74. The van der Waals surface area contributed by atoms with Crippen molar-refractivity contribution in [2.45, 2.75) is 58.3 Å². The van der Waals surface area contributed by atoms with Gasteiger partial charge in [-0.05, 0) is 12.5 Å². The number of hydrogen-bond acceptors (Lipinski definition) is 2. The summed E-state index contributed by atoms with van der Waals surface area (Å²) in [7, 11) is 0. The molecule has 0 aliphatic carbocycles. The molecule has 0 fully saturated rings. The Kier molecular flexibility index (Phi) is 7.65. The minimum absolute atomic E-state index is 0.642. The number of rotatable bonds is 10. The van der Waals surface area contributed by atoms with Crippen molar-refractivity contribution < 1.29 is 9.15 Å². The molecule has 0 aromatic carbocycles. The maximum Gasteiger partial charge on any atom is 0.284 e. The first-order valence-corrected chi connectivity index (χ1v) is 6.60. The van der Waals surface area contributed by atoms with Gasteiger partial charge in [-0.1, -0.05) is 51.9 Å². The molecule has 92 valence electrons. The lowest BCUT2D eigenvalue weighted by Gasteiger charge is -2.02. The van der Waals surface area contributed by atoms with Gasteiger partial charge in [0, 0.05) is 6.07 Å². The minimum Gasteiger partial charge on any atom is -0.465 e. The molecule has 0 saturated carbocycles. The Bertz CT molecular complexity index is 229. The molecule has 0 saturated heterocycles. The zero-order chi connectivity index (χ0) is 11.5. The van der Waals surface area contributed by atoms with Gasteiger partial charge in [0.15, 0.2) is 0 Å². The van der Waals surface area contributed by atoms with Gasteiger partial charge in [0.1, 0.15) is 0 Å². The smallest absolute Gasteiger partial charge is 0.284 e. The standard InChI is InChI=1S/C14H24O2/c1-2-3-4-5-6-7-8-9-12-15-14-11-10-13-16-14/h10-11,13H,2-9,12H2,1H3. The van der Waals surface area contributed by atoms with Gasteiger partial charge in [0.05, 0.1) is 12.9 Å². The quantitative estimate of drug-likeness (QED) is 0.533. The minimum atomic E-state index is 0.642. The molecule has 0 spiro atoms. The van der Waals surface area contributed by atoms with E-state index >= 15 is 0 Å². The first kappa shape index (κ1) is 13.1. The molecular weight excluding hydrogens is 200 g/mol. The highest BCUT2D eigenvalue weighted by Crippen LogP contribution is 2.12. The van der Waals surface area contributed by atoms with Crippen LogP contribution in [0.2, 0.25) is 0 Å². The van der Waals surface area contributed by atoms with Crippen molar-refractivity contribution in [3.8, 4) is 5.95 Å². The lowest BCUT2D eigenvalue weighted by atomic mass is 10.1.